The van der Waals surface area contributed by atoms with E-state index in [0.717, 1.165) is 22.3 Å². The van der Waals surface area contributed by atoms with Gasteiger partial charge in [0.05, 0.1) is 24.2 Å². The number of hydrogen-bond donors (Lipinski definition) is 9. The van der Waals surface area contributed by atoms with Crippen molar-refractivity contribution in [3.63, 3.8) is 0 Å². The molecule has 27 nitrogen and oxygen atoms in total. The van der Waals surface area contributed by atoms with Crippen LogP contribution in [0, 0.1) is 26.7 Å². The highest BCUT2D eigenvalue weighted by molar-refractivity contribution is 7.90. The number of carboxylic acid groups (broad SMARTS) is 1. The van der Waals surface area contributed by atoms with E-state index in [9.17, 15) is 56.7 Å². The minimum Gasteiger partial charge on any atom is -0.496 e. The minimum atomic E-state index is -4.27. The zero-order valence-electron chi connectivity index (χ0n) is 56.3. The number of aryl methyl sites for hydroxylation is 1. The van der Waals surface area contributed by atoms with Gasteiger partial charge >= 0.3 is 30.1 Å². The van der Waals surface area contributed by atoms with Crippen LogP contribution in [0.25, 0.3) is 11.1 Å². The molecule has 0 saturated carbocycles. The summed E-state index contributed by atoms with van der Waals surface area (Å²) in [5, 5.41) is 24.6. The average Bonchev–Trinajstić information content (AvgIpc) is 1.72. The Kier molecular flexibility index (Phi) is 27.6. The third-order valence-electron chi connectivity index (χ3n) is 14.0. The van der Waals surface area contributed by atoms with Crippen LogP contribution in [0.1, 0.15) is 155 Å². The van der Waals surface area contributed by atoms with Gasteiger partial charge < -0.3 is 71.2 Å². The minimum absolute atomic E-state index is 0.0378. The van der Waals surface area contributed by atoms with Gasteiger partial charge in [0.2, 0.25) is 29.6 Å². The van der Waals surface area contributed by atoms with Crippen LogP contribution in [0.4, 0.5) is 9.59 Å². The molecule has 0 aliphatic heterocycles. The van der Waals surface area contributed by atoms with Crippen molar-refractivity contribution in [2.45, 2.75) is 200 Å². The van der Waals surface area contributed by atoms with E-state index in [0.29, 0.717) is 22.4 Å². The van der Waals surface area contributed by atoms with Crippen molar-refractivity contribution in [1.29, 1.82) is 0 Å². The van der Waals surface area contributed by atoms with Crippen LogP contribution < -0.4 is 47.1 Å². The van der Waals surface area contributed by atoms with Gasteiger partial charge in [-0.1, -0.05) is 48.5 Å². The van der Waals surface area contributed by atoms with E-state index in [1.54, 1.807) is 110 Å². The molecule has 3 aromatic carbocycles. The number of carbonyl (C=O) groups excluding carboxylic acids is 8. The molecule has 1 aliphatic carbocycles. The van der Waals surface area contributed by atoms with Gasteiger partial charge in [0.15, 0.2) is 5.92 Å². The summed E-state index contributed by atoms with van der Waals surface area (Å²) in [6.45, 7) is 22.5. The summed E-state index contributed by atoms with van der Waals surface area (Å²) in [6.07, 6.45) is -2.75. The first-order valence-electron chi connectivity index (χ1n) is 30.7. The molecule has 514 valence electrons. The number of amides is 6. The smallest absolute Gasteiger partial charge is 0.407 e. The Morgan fingerprint density at radius 1 is 0.613 bits per heavy atom. The highest BCUT2D eigenvalue weighted by Gasteiger charge is 2.41. The number of guanidine groups is 1. The van der Waals surface area contributed by atoms with Crippen LogP contribution >= 0.6 is 0 Å². The van der Waals surface area contributed by atoms with Crippen LogP contribution in [0.2, 0.25) is 0 Å². The molecule has 10 N–H and O–H groups in total. The van der Waals surface area contributed by atoms with Crippen molar-refractivity contribution < 1.29 is 85.1 Å². The van der Waals surface area contributed by atoms with Gasteiger partial charge in [0.1, 0.15) is 59.9 Å². The normalized spacial score (nSPS) is 14.0. The second-order valence-corrected chi connectivity index (χ2v) is 28.1. The van der Waals surface area contributed by atoms with Crippen molar-refractivity contribution >= 4 is 69.7 Å². The maximum absolute atomic E-state index is 15.0. The summed E-state index contributed by atoms with van der Waals surface area (Å²) in [5.74, 6) is -9.95. The Bertz CT molecular complexity index is 3250. The van der Waals surface area contributed by atoms with E-state index in [-0.39, 0.29) is 56.7 Å². The first kappa shape index (κ1) is 76.9. The number of hydrogen-bond acceptors (Lipinski definition) is 18. The predicted molar refractivity (Wildman–Crippen MR) is 345 cm³/mol. The number of carbonyl (C=O) groups is 9. The monoisotopic (exact) mass is 1320 g/mol. The number of rotatable bonds is 30. The standard InChI is InChI=1S/C65H95N9O18S/c1-37-32-50(87-16)38(2)39(3)52(37)93(85,86)74-59(66)67-31-23-29-46(53(77)69-34-51(75)76)70-54(78)47(28-21-22-30-68-60(83)92-65(13,14)15)71-56(80)49(36-89-62(4,5)6)72-55(79)48(33-44(57(81)90-63(7,8)9)58(82)91-64(10,11)12)73-61(84)88-35-45-42-26-19-17-24-40(42)41-25-18-20-27-43(41)45/h17-20,24-27,32,44-49H,21-23,28-31,33-36H2,1-16H3,(H,68,83)(H,69,77)(H,70,78)(H,71,80)(H,72,79)(H,73,84)(H,75,76)(H3,66,67,74)/t46-,47-,48+,49-/m0/s1. The number of alkyl carbamates (subject to hydrolysis) is 2. The lowest BCUT2D eigenvalue weighted by molar-refractivity contribution is -0.175. The number of aliphatic carboxylic acids is 1. The number of aliphatic imine (C=N–C) groups is 1. The van der Waals surface area contributed by atoms with Crippen molar-refractivity contribution in [2.24, 2.45) is 16.6 Å². The fourth-order valence-electron chi connectivity index (χ4n) is 9.78. The molecule has 0 spiro atoms. The second kappa shape index (κ2) is 33.4. The number of ether oxygens (including phenoxy) is 6. The zero-order chi connectivity index (χ0) is 70.0. The summed E-state index contributed by atoms with van der Waals surface area (Å²) in [7, 11) is -2.81. The Morgan fingerprint density at radius 2 is 1.12 bits per heavy atom. The number of nitrogens with two attached hydrogens (primary N) is 1. The van der Waals surface area contributed by atoms with E-state index in [4.69, 9.17) is 34.2 Å². The van der Waals surface area contributed by atoms with Crippen molar-refractivity contribution in [3.8, 4) is 16.9 Å². The average molecular weight is 1320 g/mol. The first-order chi connectivity index (χ1) is 43.1. The molecular formula is C65H95N9O18S. The number of sulfonamides is 1. The Balaban J connectivity index is 1.70. The van der Waals surface area contributed by atoms with E-state index in [2.05, 4.69) is 41.6 Å². The highest BCUT2D eigenvalue weighted by atomic mass is 32.2. The van der Waals surface area contributed by atoms with Gasteiger partial charge in [0.25, 0.3) is 10.0 Å². The van der Waals surface area contributed by atoms with Crippen molar-refractivity contribution in [3.05, 3.63) is 82.4 Å². The number of nitrogens with one attached hydrogen (secondary N) is 7. The second-order valence-electron chi connectivity index (χ2n) is 26.5. The van der Waals surface area contributed by atoms with E-state index >= 15 is 0 Å². The molecule has 0 unspecified atom stereocenters. The molecule has 93 heavy (non-hydrogen) atoms. The number of esters is 2. The molecule has 28 heteroatoms. The molecule has 0 bridgehead atoms. The van der Waals surface area contributed by atoms with Gasteiger partial charge in [-0.3, -0.25) is 38.6 Å². The van der Waals surface area contributed by atoms with Gasteiger partial charge in [-0.2, -0.15) is 0 Å². The fraction of sp³-hybridized carbons (Fsp3) is 0.569. The molecule has 4 rings (SSSR count). The van der Waals surface area contributed by atoms with Gasteiger partial charge in [-0.05, 0) is 181 Å². The quantitative estimate of drug-likeness (QED) is 0.00957. The number of nitrogens with zero attached hydrogens (tertiary/aromatic N) is 1. The fourth-order valence-corrected chi connectivity index (χ4v) is 11.3. The van der Waals surface area contributed by atoms with Crippen molar-refractivity contribution in [1.82, 2.24) is 36.6 Å². The molecule has 0 radical (unpaired) electrons. The molecular weight excluding hydrogens is 1230 g/mol. The number of unbranched alkanes of at least 4 members (excludes halogenated alkanes) is 1. The third-order valence-corrected chi connectivity index (χ3v) is 15.7. The summed E-state index contributed by atoms with van der Waals surface area (Å²) in [4.78, 5) is 128. The maximum Gasteiger partial charge on any atom is 0.407 e. The van der Waals surface area contributed by atoms with Gasteiger partial charge in [-0.15, -0.1) is 0 Å². The molecule has 0 heterocycles. The molecule has 0 aromatic heterocycles. The van der Waals surface area contributed by atoms with Crippen LogP contribution in [0.15, 0.2) is 64.5 Å². The van der Waals surface area contributed by atoms with E-state index in [1.165, 1.54) is 7.11 Å². The molecule has 1 aliphatic rings. The number of methoxy groups -OCH3 is 1. The topological polar surface area (TPSA) is 386 Å². The summed E-state index contributed by atoms with van der Waals surface area (Å²) in [5.41, 5.74) is 7.02. The zero-order valence-corrected chi connectivity index (χ0v) is 57.1. The predicted octanol–water partition coefficient (Wildman–Crippen LogP) is 5.76. The van der Waals surface area contributed by atoms with Gasteiger partial charge in [-0.25, -0.2) is 22.7 Å². The molecule has 3 aromatic rings. The lowest BCUT2D eigenvalue weighted by atomic mass is 9.97. The third kappa shape index (κ3) is 25.1. The lowest BCUT2D eigenvalue weighted by Gasteiger charge is -2.30. The first-order valence-corrected chi connectivity index (χ1v) is 32.1. The number of benzene rings is 3. The van der Waals surface area contributed by atoms with Gasteiger partial charge in [0, 0.05) is 25.4 Å². The molecule has 0 fully saturated rings. The lowest BCUT2D eigenvalue weighted by Crippen LogP contribution is -2.60. The van der Waals surface area contributed by atoms with Crippen LogP contribution in [-0.2, 0) is 67.3 Å². The summed E-state index contributed by atoms with van der Waals surface area (Å²) < 4.78 is 63.2. The Morgan fingerprint density at radius 3 is 1.65 bits per heavy atom. The Hall–Kier alpha value is -8.53. The maximum atomic E-state index is 15.0. The molecule has 4 atom stereocenters. The summed E-state index contributed by atoms with van der Waals surface area (Å²) in [6, 6.07) is 10.2. The Labute approximate surface area is 544 Å². The SMILES string of the molecule is COc1cc(C)c(S(=O)(=O)NC(N)=NCCC[C@H](NC(=O)[C@H](CCCCNC(=O)OC(C)(C)C)NC(=O)[C@H](COC(C)(C)C)NC(=O)[C@@H](CC(C(=O)OC(C)(C)C)C(=O)OC(C)(C)C)NC(=O)OCC2c3ccccc3-c3ccccc32)C(=O)NCC(=O)O)c(C)c1C. The summed E-state index contributed by atoms with van der Waals surface area (Å²) >= 11 is 0. The number of carboxylic acids is 1. The van der Waals surface area contributed by atoms with Crippen LogP contribution in [-0.4, -0.2) is 160 Å². The highest BCUT2D eigenvalue weighted by Crippen LogP contribution is 2.44. The molecule has 6 amide bonds. The van der Waals surface area contributed by atoms with Crippen LogP contribution in [0.3, 0.4) is 0 Å². The van der Waals surface area contributed by atoms with E-state index < -0.39 is 148 Å². The number of fused-ring (bicyclic) bond motifs is 3. The largest absolute Gasteiger partial charge is 0.496 e. The molecule has 0 saturated heterocycles. The van der Waals surface area contributed by atoms with E-state index in [1.807, 2.05) is 48.5 Å². The van der Waals surface area contributed by atoms with Crippen LogP contribution in [0.5, 0.6) is 5.75 Å². The van der Waals surface area contributed by atoms with Crippen molar-refractivity contribution in [2.75, 3.05) is 40.0 Å².